The van der Waals surface area contributed by atoms with Gasteiger partial charge in [0.15, 0.2) is 0 Å². The van der Waals surface area contributed by atoms with Crippen molar-refractivity contribution in [1.29, 1.82) is 0 Å². The van der Waals surface area contributed by atoms with E-state index in [0.29, 0.717) is 0 Å². The molecular weight excluding hydrogens is 609 g/mol. The maximum Gasteiger partial charge on any atom is 0.122 e. The minimum atomic E-state index is -2.93. The Kier molecular flexibility index (Phi) is 7.07. The predicted molar refractivity (Wildman–Crippen MR) is 210 cm³/mol. The molecule has 0 radical (unpaired) electrons. The molecule has 2 heterocycles. The maximum absolute atomic E-state index is 2.93. The third-order valence-electron chi connectivity index (χ3n) is 11.6. The van der Waals surface area contributed by atoms with Crippen LogP contribution in [0, 0.1) is 20.8 Å². The summed E-state index contributed by atoms with van der Waals surface area (Å²) in [7, 11) is -5.15. The van der Waals surface area contributed by atoms with E-state index in [4.69, 9.17) is 0 Å². The van der Waals surface area contributed by atoms with Gasteiger partial charge in [-0.05, 0) is 65.3 Å². The lowest BCUT2D eigenvalue weighted by molar-refractivity contribution is 0.915. The lowest BCUT2D eigenvalue weighted by atomic mass is 9.65. The molecule has 6 aromatic rings. The van der Waals surface area contributed by atoms with Crippen LogP contribution in [0.1, 0.15) is 50.1 Å². The monoisotopic (exact) mass is 652 g/mol. The fourth-order valence-corrected chi connectivity index (χ4v) is 32.8. The molecule has 2 aliphatic heterocycles. The zero-order valence-corrected chi connectivity index (χ0v) is 31.0. The molecule has 3 atom stereocenters. The van der Waals surface area contributed by atoms with E-state index >= 15 is 0 Å². The van der Waals surface area contributed by atoms with Crippen LogP contribution in [0.15, 0.2) is 158 Å². The summed E-state index contributed by atoms with van der Waals surface area (Å²) in [6.45, 7) is 15.3. The van der Waals surface area contributed by atoms with E-state index in [9.17, 15) is 0 Å². The van der Waals surface area contributed by atoms with E-state index in [-0.39, 0.29) is 10.1 Å². The van der Waals surface area contributed by atoms with Crippen molar-refractivity contribution in [2.45, 2.75) is 50.5 Å². The largest absolute Gasteiger partial charge is 0.122 e. The van der Waals surface area contributed by atoms with E-state index < -0.39 is 15.2 Å². The van der Waals surface area contributed by atoms with Crippen molar-refractivity contribution in [2.24, 2.45) is 0 Å². The first-order valence-corrected chi connectivity index (χ1v) is 23.9. The predicted octanol–water partition coefficient (Wildman–Crippen LogP) is 10.7. The lowest BCUT2D eigenvalue weighted by Crippen LogP contribution is -2.81. The number of benzene rings is 6. The Hall–Kier alpha value is -4.51. The highest BCUT2D eigenvalue weighted by atomic mass is 29.3. The molecule has 0 aliphatic carbocycles. The Bertz CT molecular complexity index is 2030. The van der Waals surface area contributed by atoms with Gasteiger partial charge in [-0.2, -0.15) is 0 Å². The van der Waals surface area contributed by atoms with Gasteiger partial charge in [-0.1, -0.05) is 199 Å². The summed E-state index contributed by atoms with van der Waals surface area (Å²) in [6, 6.07) is 60.9. The molecule has 8 rings (SSSR count). The van der Waals surface area contributed by atoms with Crippen molar-refractivity contribution >= 4 is 31.5 Å². The number of fused-ring (bicyclic) bond motifs is 5. The normalized spacial score (nSPS) is 23.0. The quantitative estimate of drug-likeness (QED) is 0.157. The molecule has 0 N–H and O–H groups in total. The second-order valence-electron chi connectivity index (χ2n) is 15.0. The average molecular weight is 653 g/mol. The molecule has 2 heteroatoms. The maximum atomic E-state index is 2.72. The van der Waals surface area contributed by atoms with Crippen LogP contribution in [0.5, 0.6) is 0 Å². The van der Waals surface area contributed by atoms with E-state index in [1.807, 2.05) is 0 Å². The van der Waals surface area contributed by atoms with Gasteiger partial charge in [-0.15, -0.1) is 0 Å². The van der Waals surface area contributed by atoms with Gasteiger partial charge in [-0.25, -0.2) is 0 Å². The van der Waals surface area contributed by atoms with Crippen LogP contribution in [0.2, 0.25) is 19.6 Å². The molecule has 2 bridgehead atoms. The minimum absolute atomic E-state index is 0.345. The molecule has 0 aromatic heterocycles. The second-order valence-corrected chi connectivity index (χ2v) is 29.8. The Morgan fingerprint density at radius 2 is 0.771 bits per heavy atom. The van der Waals surface area contributed by atoms with E-state index in [1.165, 1.54) is 61.2 Å². The van der Waals surface area contributed by atoms with Crippen molar-refractivity contribution in [3.8, 4) is 0 Å². The highest BCUT2D eigenvalue weighted by molar-refractivity contribution is 7.50. The van der Waals surface area contributed by atoms with E-state index in [0.717, 1.165) is 0 Å². The van der Waals surface area contributed by atoms with Crippen molar-refractivity contribution < 1.29 is 0 Å². The smallest absolute Gasteiger partial charge is 0.0711 e. The Balaban J connectivity index is 1.79. The van der Waals surface area contributed by atoms with Crippen molar-refractivity contribution in [1.82, 2.24) is 0 Å². The molecule has 0 spiro atoms. The van der Waals surface area contributed by atoms with Crippen LogP contribution in [-0.2, 0) is 10.1 Å². The van der Waals surface area contributed by atoms with Crippen LogP contribution >= 0.6 is 0 Å². The summed E-state index contributed by atoms with van der Waals surface area (Å²) in [5.41, 5.74) is 15.8. The van der Waals surface area contributed by atoms with Gasteiger partial charge in [0.1, 0.15) is 7.59 Å². The first kappa shape index (κ1) is 30.8. The summed E-state index contributed by atoms with van der Waals surface area (Å²) in [6.07, 6.45) is 0. The van der Waals surface area contributed by atoms with Crippen molar-refractivity contribution in [3.63, 3.8) is 0 Å². The second kappa shape index (κ2) is 11.0. The molecule has 0 amide bonds. The zero-order chi connectivity index (χ0) is 33.3. The Morgan fingerprint density at radius 3 is 1.12 bits per heavy atom. The molecular formula is C46H44Si2. The fraction of sp³-hybridized carbons (Fsp3) is 0.174. The third-order valence-corrected chi connectivity index (χ3v) is 29.0. The number of allylic oxidation sites excluding steroid dienone is 2. The van der Waals surface area contributed by atoms with Gasteiger partial charge in [0.2, 0.25) is 0 Å². The number of aryl methyl sites for hydroxylation is 3. The van der Waals surface area contributed by atoms with Gasteiger partial charge in [0.25, 0.3) is 0 Å². The number of rotatable bonds is 6. The molecule has 6 aromatic carbocycles. The molecule has 236 valence electrons. The van der Waals surface area contributed by atoms with Gasteiger partial charge in [-0.3, -0.25) is 0 Å². The van der Waals surface area contributed by atoms with E-state index in [2.05, 4.69) is 198 Å². The number of hydrogen-bond acceptors (Lipinski definition) is 0. The lowest BCUT2D eigenvalue weighted by Gasteiger charge is -2.57. The van der Waals surface area contributed by atoms with E-state index in [1.54, 1.807) is 5.19 Å². The van der Waals surface area contributed by atoms with Crippen molar-refractivity contribution in [3.05, 3.63) is 208 Å². The molecule has 0 fully saturated rings. The molecule has 0 nitrogen and oxygen atoms in total. The number of hydrogen-bond donors (Lipinski definition) is 0. The average Bonchev–Trinajstić information content (AvgIpc) is 3.49. The SMILES string of the molecule is Cc1cc(C)c([Si]2([Si](C)(C)C)[C@]3(c4ccccc4)C(c4ccccc4)=C(c4ccccc4)[C@@]2(c2ccccc2)c2ccccc23)c(C)c1. The molecule has 1 unspecified atom stereocenters. The third kappa shape index (κ3) is 3.71. The van der Waals surface area contributed by atoms with Crippen LogP contribution < -0.4 is 5.19 Å². The molecule has 0 saturated carbocycles. The summed E-state index contributed by atoms with van der Waals surface area (Å²) < 4.78 is 0. The summed E-state index contributed by atoms with van der Waals surface area (Å²) in [5, 5.41) is 0.973. The Labute approximate surface area is 288 Å². The molecule has 2 aliphatic rings. The van der Waals surface area contributed by atoms with Crippen LogP contribution in [0.25, 0.3) is 11.1 Å². The first-order valence-electron chi connectivity index (χ1n) is 17.4. The minimum Gasteiger partial charge on any atom is -0.0711 e. The first-order chi connectivity index (χ1) is 23.2. The Morgan fingerprint density at radius 1 is 0.438 bits per heavy atom. The summed E-state index contributed by atoms with van der Waals surface area (Å²) >= 11 is 0. The van der Waals surface area contributed by atoms with Crippen molar-refractivity contribution in [2.75, 3.05) is 0 Å². The highest BCUT2D eigenvalue weighted by Crippen LogP contribution is 2.77. The molecule has 0 saturated heterocycles. The highest BCUT2D eigenvalue weighted by Gasteiger charge is 2.83. The van der Waals surface area contributed by atoms with Crippen LogP contribution in [0.3, 0.4) is 0 Å². The fourth-order valence-electron chi connectivity index (χ4n) is 10.8. The topological polar surface area (TPSA) is 0 Å². The summed E-state index contributed by atoms with van der Waals surface area (Å²) in [5.74, 6) is 0. The molecule has 48 heavy (non-hydrogen) atoms. The van der Waals surface area contributed by atoms with Crippen LogP contribution in [-0.4, -0.2) is 15.2 Å². The standard InChI is InChI=1S/C46H44Si2/c1-33-31-34(2)44(35(3)32-33)48(47(4,5)6)45(38-25-15-9-16-26-38)40-29-19-20-30-41(40)46(48,39-27-17-10-18-28-39)43(37-23-13-8-14-24-37)42(45)36-21-11-7-12-22-36/h7-32H,1-6H3/t45-,46+,48?. The zero-order valence-electron chi connectivity index (χ0n) is 29.0. The van der Waals surface area contributed by atoms with Crippen LogP contribution in [0.4, 0.5) is 0 Å². The van der Waals surface area contributed by atoms with Gasteiger partial charge in [0.05, 0.1) is 0 Å². The van der Waals surface area contributed by atoms with Gasteiger partial charge in [0, 0.05) is 17.7 Å². The van der Waals surface area contributed by atoms with Gasteiger partial charge < -0.3 is 0 Å². The van der Waals surface area contributed by atoms with Gasteiger partial charge >= 0.3 is 0 Å². The summed E-state index contributed by atoms with van der Waals surface area (Å²) in [4.78, 5) is 0.